The zero-order chi connectivity index (χ0) is 16.7. The molecule has 120 valence electrons. The van der Waals surface area contributed by atoms with Crippen LogP contribution in [0, 0.1) is 0 Å². The smallest absolute Gasteiger partial charge is 0.340 e. The van der Waals surface area contributed by atoms with Crippen molar-refractivity contribution in [3.63, 3.8) is 0 Å². The van der Waals surface area contributed by atoms with Crippen molar-refractivity contribution >= 4 is 23.3 Å². The molecule has 0 aliphatic rings. The first kappa shape index (κ1) is 16.5. The molecule has 0 aliphatic carbocycles. The number of hydrogen-bond acceptors (Lipinski definition) is 4. The molecule has 5 heteroatoms. The number of nitrogens with one attached hydrogen (secondary N) is 2. The van der Waals surface area contributed by atoms with E-state index in [1.54, 1.807) is 18.2 Å². The number of amides is 1. The third-order valence-electron chi connectivity index (χ3n) is 2.98. The van der Waals surface area contributed by atoms with Crippen LogP contribution < -0.4 is 10.6 Å². The zero-order valence-electron chi connectivity index (χ0n) is 13.2. The first-order valence-corrected chi connectivity index (χ1v) is 7.44. The predicted molar refractivity (Wildman–Crippen MR) is 89.7 cm³/mol. The van der Waals surface area contributed by atoms with Crippen LogP contribution in [0.4, 0.5) is 11.4 Å². The maximum absolute atomic E-state index is 12.2. The summed E-state index contributed by atoms with van der Waals surface area (Å²) in [5.74, 6) is -0.857. The second-order valence-corrected chi connectivity index (χ2v) is 5.33. The molecule has 0 fully saturated rings. The van der Waals surface area contributed by atoms with Crippen LogP contribution >= 0.6 is 0 Å². The topological polar surface area (TPSA) is 67.4 Å². The van der Waals surface area contributed by atoms with E-state index >= 15 is 0 Å². The van der Waals surface area contributed by atoms with Crippen LogP contribution in [0.1, 0.15) is 24.2 Å². The average Bonchev–Trinajstić information content (AvgIpc) is 2.53. The minimum Gasteiger partial charge on any atom is -0.452 e. The summed E-state index contributed by atoms with van der Waals surface area (Å²) < 4.78 is 5.08. The van der Waals surface area contributed by atoms with Gasteiger partial charge in [0.1, 0.15) is 0 Å². The van der Waals surface area contributed by atoms with Crippen molar-refractivity contribution in [1.29, 1.82) is 0 Å². The van der Waals surface area contributed by atoms with Gasteiger partial charge in [0, 0.05) is 11.7 Å². The second-order valence-electron chi connectivity index (χ2n) is 5.33. The summed E-state index contributed by atoms with van der Waals surface area (Å²) in [6.07, 6.45) is 0. The Bertz CT molecular complexity index is 669. The molecule has 0 radical (unpaired) electrons. The standard InChI is InChI=1S/C18H20N2O3/c1-13(2)19-17(21)12-23-18(22)15-10-6-7-11-16(15)20-14-8-4-3-5-9-14/h3-11,13,20H,12H2,1-2H3,(H,19,21). The lowest BCUT2D eigenvalue weighted by Crippen LogP contribution is -2.34. The summed E-state index contributed by atoms with van der Waals surface area (Å²) in [6, 6.07) is 16.6. The van der Waals surface area contributed by atoms with Gasteiger partial charge >= 0.3 is 5.97 Å². The van der Waals surface area contributed by atoms with Gasteiger partial charge in [0.25, 0.3) is 5.91 Å². The van der Waals surface area contributed by atoms with Crippen molar-refractivity contribution in [3.05, 3.63) is 60.2 Å². The average molecular weight is 312 g/mol. The molecule has 2 rings (SSSR count). The Hall–Kier alpha value is -2.82. The lowest BCUT2D eigenvalue weighted by atomic mass is 10.1. The van der Waals surface area contributed by atoms with Crippen molar-refractivity contribution in [3.8, 4) is 0 Å². The Morgan fingerprint density at radius 2 is 1.65 bits per heavy atom. The quantitative estimate of drug-likeness (QED) is 0.804. The SMILES string of the molecule is CC(C)NC(=O)COC(=O)c1ccccc1Nc1ccccc1. The highest BCUT2D eigenvalue weighted by Crippen LogP contribution is 2.21. The Morgan fingerprint density at radius 3 is 2.35 bits per heavy atom. The van der Waals surface area contributed by atoms with Crippen LogP contribution in [0.15, 0.2) is 54.6 Å². The number of carbonyl (C=O) groups is 2. The highest BCUT2D eigenvalue weighted by molar-refractivity contribution is 5.97. The minimum atomic E-state index is -0.539. The summed E-state index contributed by atoms with van der Waals surface area (Å²) in [5, 5.41) is 5.84. The molecule has 0 saturated carbocycles. The van der Waals surface area contributed by atoms with Gasteiger partial charge < -0.3 is 15.4 Å². The van der Waals surface area contributed by atoms with Crippen LogP contribution in [-0.4, -0.2) is 24.5 Å². The van der Waals surface area contributed by atoms with E-state index < -0.39 is 5.97 Å². The summed E-state index contributed by atoms with van der Waals surface area (Å²) in [4.78, 5) is 23.8. The molecule has 2 N–H and O–H groups in total. The van der Waals surface area contributed by atoms with Crippen molar-refractivity contribution in [2.75, 3.05) is 11.9 Å². The molecule has 0 spiro atoms. The van der Waals surface area contributed by atoms with Gasteiger partial charge in [0.15, 0.2) is 6.61 Å². The molecule has 23 heavy (non-hydrogen) atoms. The molecular weight excluding hydrogens is 292 g/mol. The molecular formula is C18H20N2O3. The molecule has 0 unspecified atom stereocenters. The molecule has 0 bridgehead atoms. The third-order valence-corrected chi connectivity index (χ3v) is 2.98. The molecule has 2 aromatic rings. The van der Waals surface area contributed by atoms with E-state index in [0.29, 0.717) is 11.3 Å². The molecule has 0 heterocycles. The maximum atomic E-state index is 12.2. The normalized spacial score (nSPS) is 10.2. The number of rotatable bonds is 6. The van der Waals surface area contributed by atoms with E-state index in [-0.39, 0.29) is 18.6 Å². The number of benzene rings is 2. The molecule has 1 amide bonds. The highest BCUT2D eigenvalue weighted by atomic mass is 16.5. The maximum Gasteiger partial charge on any atom is 0.340 e. The Labute approximate surface area is 135 Å². The fraction of sp³-hybridized carbons (Fsp3) is 0.222. The molecule has 0 aromatic heterocycles. The van der Waals surface area contributed by atoms with E-state index in [9.17, 15) is 9.59 Å². The molecule has 0 atom stereocenters. The summed E-state index contributed by atoms with van der Waals surface area (Å²) in [7, 11) is 0. The predicted octanol–water partition coefficient (Wildman–Crippen LogP) is 3.11. The number of hydrogen-bond donors (Lipinski definition) is 2. The van der Waals surface area contributed by atoms with Gasteiger partial charge in [0.05, 0.1) is 11.3 Å². The van der Waals surface area contributed by atoms with Crippen molar-refractivity contribution in [2.45, 2.75) is 19.9 Å². The van der Waals surface area contributed by atoms with E-state index in [1.807, 2.05) is 50.2 Å². The summed E-state index contributed by atoms with van der Waals surface area (Å²) in [6.45, 7) is 3.40. The van der Waals surface area contributed by atoms with Gasteiger partial charge in [-0.15, -0.1) is 0 Å². The second kappa shape index (κ2) is 7.98. The van der Waals surface area contributed by atoms with Gasteiger partial charge in [-0.1, -0.05) is 30.3 Å². The van der Waals surface area contributed by atoms with Crippen LogP contribution in [0.3, 0.4) is 0 Å². The first-order chi connectivity index (χ1) is 11.1. The number of ether oxygens (including phenoxy) is 1. The number of esters is 1. The van der Waals surface area contributed by atoms with Crippen molar-refractivity contribution in [1.82, 2.24) is 5.32 Å². The molecule has 0 aliphatic heterocycles. The monoisotopic (exact) mass is 312 g/mol. The fourth-order valence-electron chi connectivity index (χ4n) is 2.02. The van der Waals surface area contributed by atoms with E-state index in [4.69, 9.17) is 4.74 Å². The van der Waals surface area contributed by atoms with Crippen molar-refractivity contribution < 1.29 is 14.3 Å². The van der Waals surface area contributed by atoms with Gasteiger partial charge in [-0.25, -0.2) is 4.79 Å². The fourth-order valence-corrected chi connectivity index (χ4v) is 2.02. The molecule has 0 saturated heterocycles. The zero-order valence-corrected chi connectivity index (χ0v) is 13.2. The van der Waals surface area contributed by atoms with Gasteiger partial charge in [-0.05, 0) is 38.1 Å². The largest absolute Gasteiger partial charge is 0.452 e. The number of anilines is 2. The Balaban J connectivity index is 2.04. The number of para-hydroxylation sites is 2. The Morgan fingerprint density at radius 1 is 1.00 bits per heavy atom. The summed E-state index contributed by atoms with van der Waals surface area (Å²) >= 11 is 0. The lowest BCUT2D eigenvalue weighted by molar-refractivity contribution is -0.124. The Kier molecular flexibility index (Phi) is 5.74. The van der Waals surface area contributed by atoms with Gasteiger partial charge in [0.2, 0.25) is 0 Å². The van der Waals surface area contributed by atoms with E-state index in [0.717, 1.165) is 5.69 Å². The van der Waals surface area contributed by atoms with Gasteiger partial charge in [-0.3, -0.25) is 4.79 Å². The number of carbonyl (C=O) groups excluding carboxylic acids is 2. The first-order valence-electron chi connectivity index (χ1n) is 7.44. The van der Waals surface area contributed by atoms with Gasteiger partial charge in [-0.2, -0.15) is 0 Å². The van der Waals surface area contributed by atoms with Crippen LogP contribution in [-0.2, 0) is 9.53 Å². The lowest BCUT2D eigenvalue weighted by Gasteiger charge is -2.12. The highest BCUT2D eigenvalue weighted by Gasteiger charge is 2.14. The third kappa shape index (κ3) is 5.14. The molecule has 2 aromatic carbocycles. The van der Waals surface area contributed by atoms with Crippen LogP contribution in [0.2, 0.25) is 0 Å². The van der Waals surface area contributed by atoms with Crippen LogP contribution in [0.5, 0.6) is 0 Å². The molecule has 5 nitrogen and oxygen atoms in total. The van der Waals surface area contributed by atoms with E-state index in [1.165, 1.54) is 0 Å². The van der Waals surface area contributed by atoms with E-state index in [2.05, 4.69) is 10.6 Å². The minimum absolute atomic E-state index is 0.00763. The summed E-state index contributed by atoms with van der Waals surface area (Å²) in [5.41, 5.74) is 1.88. The van der Waals surface area contributed by atoms with Crippen LogP contribution in [0.25, 0.3) is 0 Å². The van der Waals surface area contributed by atoms with Crippen molar-refractivity contribution in [2.24, 2.45) is 0 Å².